The Balaban J connectivity index is 2.25. The normalized spacial score (nSPS) is 23.4. The lowest BCUT2D eigenvalue weighted by Crippen LogP contribution is -2.36. The SMILES string of the molecule is CC1CCCC(N(C)c2c(F)cc(CO)cc2F)C1. The molecule has 0 saturated heterocycles. The first-order chi connectivity index (χ1) is 9.02. The van der Waals surface area contributed by atoms with E-state index in [1.807, 2.05) is 0 Å². The van der Waals surface area contributed by atoms with Crippen LogP contribution in [0.25, 0.3) is 0 Å². The Kier molecular flexibility index (Phi) is 4.40. The number of nitrogens with zero attached hydrogens (tertiary/aromatic N) is 1. The van der Waals surface area contributed by atoms with Crippen molar-refractivity contribution in [2.45, 2.75) is 45.3 Å². The van der Waals surface area contributed by atoms with Gasteiger partial charge in [0.05, 0.1) is 6.61 Å². The van der Waals surface area contributed by atoms with Gasteiger partial charge in [-0.1, -0.05) is 19.8 Å². The summed E-state index contributed by atoms with van der Waals surface area (Å²) in [4.78, 5) is 1.72. The number of benzene rings is 1. The van der Waals surface area contributed by atoms with Crippen LogP contribution in [0.2, 0.25) is 0 Å². The molecule has 1 N–H and O–H groups in total. The molecule has 0 aliphatic heterocycles. The van der Waals surface area contributed by atoms with E-state index < -0.39 is 11.6 Å². The smallest absolute Gasteiger partial charge is 0.149 e. The van der Waals surface area contributed by atoms with Crippen LogP contribution < -0.4 is 4.90 Å². The van der Waals surface area contributed by atoms with Gasteiger partial charge in [0, 0.05) is 13.1 Å². The van der Waals surface area contributed by atoms with E-state index >= 15 is 0 Å². The highest BCUT2D eigenvalue weighted by Crippen LogP contribution is 2.32. The van der Waals surface area contributed by atoms with Gasteiger partial charge in [-0.25, -0.2) is 8.78 Å². The summed E-state index contributed by atoms with van der Waals surface area (Å²) >= 11 is 0. The van der Waals surface area contributed by atoms with Crippen LogP contribution >= 0.6 is 0 Å². The maximum atomic E-state index is 14.0. The fourth-order valence-corrected chi connectivity index (χ4v) is 2.98. The van der Waals surface area contributed by atoms with Crippen molar-refractivity contribution in [3.05, 3.63) is 29.3 Å². The molecule has 2 unspecified atom stereocenters. The van der Waals surface area contributed by atoms with E-state index in [1.54, 1.807) is 11.9 Å². The molecule has 1 saturated carbocycles. The van der Waals surface area contributed by atoms with Crippen molar-refractivity contribution in [3.8, 4) is 0 Å². The maximum absolute atomic E-state index is 14.0. The standard InChI is InChI=1S/C15H21F2NO/c1-10-4-3-5-12(6-10)18(2)15-13(16)7-11(9-19)8-14(15)17/h7-8,10,12,19H,3-6,9H2,1-2H3. The number of aliphatic hydroxyl groups excluding tert-OH is 1. The Labute approximate surface area is 113 Å². The Hall–Kier alpha value is -1.16. The van der Waals surface area contributed by atoms with Gasteiger partial charge in [0.2, 0.25) is 0 Å². The molecule has 2 atom stereocenters. The summed E-state index contributed by atoms with van der Waals surface area (Å²) in [5.41, 5.74) is 0.292. The van der Waals surface area contributed by atoms with E-state index in [9.17, 15) is 8.78 Å². The summed E-state index contributed by atoms with van der Waals surface area (Å²) in [6.45, 7) is 1.83. The molecule has 0 bridgehead atoms. The van der Waals surface area contributed by atoms with E-state index in [0.717, 1.165) is 19.3 Å². The van der Waals surface area contributed by atoms with Gasteiger partial charge in [-0.05, 0) is 36.5 Å². The zero-order valence-electron chi connectivity index (χ0n) is 11.5. The third-order valence-corrected chi connectivity index (χ3v) is 4.07. The summed E-state index contributed by atoms with van der Waals surface area (Å²) in [6, 6.07) is 2.61. The highest BCUT2D eigenvalue weighted by atomic mass is 19.1. The molecule has 0 amide bonds. The van der Waals surface area contributed by atoms with E-state index in [2.05, 4.69) is 6.92 Å². The first kappa shape index (κ1) is 14.3. The Morgan fingerprint density at radius 3 is 2.42 bits per heavy atom. The summed E-state index contributed by atoms with van der Waals surface area (Å²) in [5, 5.41) is 8.95. The van der Waals surface area contributed by atoms with Gasteiger partial charge in [0.15, 0.2) is 0 Å². The topological polar surface area (TPSA) is 23.5 Å². The summed E-state index contributed by atoms with van der Waals surface area (Å²) < 4.78 is 28.0. The quantitative estimate of drug-likeness (QED) is 0.908. The number of hydrogen-bond donors (Lipinski definition) is 1. The van der Waals surface area contributed by atoms with Crippen LogP contribution in [0.5, 0.6) is 0 Å². The predicted molar refractivity (Wildman–Crippen MR) is 72.1 cm³/mol. The molecule has 1 aromatic carbocycles. The molecule has 0 spiro atoms. The summed E-state index contributed by atoms with van der Waals surface area (Å²) in [7, 11) is 1.75. The average molecular weight is 269 g/mol. The van der Waals surface area contributed by atoms with Crippen LogP contribution in [0, 0.1) is 17.6 Å². The summed E-state index contributed by atoms with van der Waals surface area (Å²) in [6.07, 6.45) is 4.24. The van der Waals surface area contributed by atoms with E-state index in [0.29, 0.717) is 5.92 Å². The molecule has 2 nitrogen and oxygen atoms in total. The van der Waals surface area contributed by atoms with Gasteiger partial charge in [-0.15, -0.1) is 0 Å². The second-order valence-corrected chi connectivity index (χ2v) is 5.60. The van der Waals surface area contributed by atoms with Crippen LogP contribution in [0.3, 0.4) is 0 Å². The summed E-state index contributed by atoms with van der Waals surface area (Å²) in [5.74, 6) is -0.585. The molecule has 0 heterocycles. The molecule has 1 fully saturated rings. The molecule has 19 heavy (non-hydrogen) atoms. The minimum Gasteiger partial charge on any atom is -0.392 e. The molecule has 106 valence electrons. The molecule has 4 heteroatoms. The predicted octanol–water partition coefficient (Wildman–Crippen LogP) is 3.47. The van der Waals surface area contributed by atoms with Gasteiger partial charge in [-0.2, -0.15) is 0 Å². The van der Waals surface area contributed by atoms with Crippen molar-refractivity contribution >= 4 is 5.69 Å². The van der Waals surface area contributed by atoms with Gasteiger partial charge in [-0.3, -0.25) is 0 Å². The Bertz CT molecular complexity index is 427. The van der Waals surface area contributed by atoms with Gasteiger partial charge in [0.1, 0.15) is 17.3 Å². The van der Waals surface area contributed by atoms with Crippen molar-refractivity contribution in [1.82, 2.24) is 0 Å². The Morgan fingerprint density at radius 1 is 1.26 bits per heavy atom. The third-order valence-electron chi connectivity index (χ3n) is 4.07. The maximum Gasteiger partial charge on any atom is 0.149 e. The van der Waals surface area contributed by atoms with E-state index in [4.69, 9.17) is 5.11 Å². The van der Waals surface area contributed by atoms with E-state index in [-0.39, 0.29) is 23.9 Å². The van der Waals surface area contributed by atoms with Crippen LogP contribution in [-0.4, -0.2) is 18.2 Å². The zero-order chi connectivity index (χ0) is 14.0. The zero-order valence-corrected chi connectivity index (χ0v) is 11.5. The number of halogens is 2. The first-order valence-electron chi connectivity index (χ1n) is 6.84. The minimum atomic E-state index is -0.593. The second-order valence-electron chi connectivity index (χ2n) is 5.60. The average Bonchev–Trinajstić information content (AvgIpc) is 2.37. The fourth-order valence-electron chi connectivity index (χ4n) is 2.98. The van der Waals surface area contributed by atoms with Crippen LogP contribution in [0.15, 0.2) is 12.1 Å². The highest BCUT2D eigenvalue weighted by molar-refractivity contribution is 5.51. The third kappa shape index (κ3) is 3.06. The molecular weight excluding hydrogens is 248 g/mol. The van der Waals surface area contributed by atoms with Crippen LogP contribution in [-0.2, 0) is 6.61 Å². The molecule has 0 aromatic heterocycles. The molecule has 2 rings (SSSR count). The van der Waals surface area contributed by atoms with Crippen molar-refractivity contribution in [1.29, 1.82) is 0 Å². The van der Waals surface area contributed by atoms with Gasteiger partial charge < -0.3 is 10.0 Å². The largest absolute Gasteiger partial charge is 0.392 e. The second kappa shape index (κ2) is 5.87. The lowest BCUT2D eigenvalue weighted by molar-refractivity contribution is 0.280. The number of hydrogen-bond acceptors (Lipinski definition) is 2. The van der Waals surface area contributed by atoms with Crippen molar-refractivity contribution in [3.63, 3.8) is 0 Å². The molecule has 1 aromatic rings. The van der Waals surface area contributed by atoms with E-state index in [1.165, 1.54) is 18.6 Å². The first-order valence-corrected chi connectivity index (χ1v) is 6.84. The number of rotatable bonds is 3. The highest BCUT2D eigenvalue weighted by Gasteiger charge is 2.26. The van der Waals surface area contributed by atoms with Gasteiger partial charge >= 0.3 is 0 Å². The van der Waals surface area contributed by atoms with Gasteiger partial charge in [0.25, 0.3) is 0 Å². The number of aliphatic hydroxyl groups is 1. The fraction of sp³-hybridized carbons (Fsp3) is 0.600. The number of anilines is 1. The van der Waals surface area contributed by atoms with Crippen molar-refractivity contribution in [2.75, 3.05) is 11.9 Å². The monoisotopic (exact) mass is 269 g/mol. The molecule has 1 aliphatic carbocycles. The molecule has 0 radical (unpaired) electrons. The van der Waals surface area contributed by atoms with Crippen molar-refractivity contribution in [2.24, 2.45) is 5.92 Å². The lowest BCUT2D eigenvalue weighted by atomic mass is 9.86. The van der Waals surface area contributed by atoms with Crippen LogP contribution in [0.1, 0.15) is 38.2 Å². The van der Waals surface area contributed by atoms with Crippen LogP contribution in [0.4, 0.5) is 14.5 Å². The molecular formula is C15H21F2NO. The Morgan fingerprint density at radius 2 is 1.89 bits per heavy atom. The lowest BCUT2D eigenvalue weighted by Gasteiger charge is -2.36. The molecule has 1 aliphatic rings. The van der Waals surface area contributed by atoms with Crippen molar-refractivity contribution < 1.29 is 13.9 Å². The minimum absolute atomic E-state index is 0.0244.